The van der Waals surface area contributed by atoms with Gasteiger partial charge in [0.15, 0.2) is 5.13 Å². The summed E-state index contributed by atoms with van der Waals surface area (Å²) in [6, 6.07) is 13.9. The van der Waals surface area contributed by atoms with Crippen molar-refractivity contribution in [2.45, 2.75) is 13.5 Å². The molecule has 0 amide bonds. The SMILES string of the molecule is Cc1c(C(=O)OCc2csc(Nc3ccccc3)n2)cccc1[N+](=O)[O-]. The van der Waals surface area contributed by atoms with Crippen LogP contribution in [0.25, 0.3) is 0 Å². The Hall–Kier alpha value is -3.26. The first-order valence-corrected chi connectivity index (χ1v) is 8.60. The topological polar surface area (TPSA) is 94.4 Å². The summed E-state index contributed by atoms with van der Waals surface area (Å²) in [7, 11) is 0. The van der Waals surface area contributed by atoms with E-state index in [1.54, 1.807) is 5.38 Å². The molecule has 0 aliphatic rings. The maximum atomic E-state index is 12.2. The Morgan fingerprint density at radius 1 is 1.23 bits per heavy atom. The highest BCUT2D eigenvalue weighted by Gasteiger charge is 2.19. The minimum absolute atomic E-state index is 0.00602. The van der Waals surface area contributed by atoms with Gasteiger partial charge in [0.2, 0.25) is 0 Å². The summed E-state index contributed by atoms with van der Waals surface area (Å²) in [5.41, 5.74) is 1.87. The van der Waals surface area contributed by atoms with Crippen molar-refractivity contribution < 1.29 is 14.5 Å². The molecule has 0 unspecified atom stereocenters. The zero-order valence-electron chi connectivity index (χ0n) is 13.8. The van der Waals surface area contributed by atoms with Gasteiger partial charge >= 0.3 is 5.97 Å². The van der Waals surface area contributed by atoms with Gasteiger partial charge in [0.25, 0.3) is 5.69 Å². The van der Waals surface area contributed by atoms with Crippen LogP contribution in [0.2, 0.25) is 0 Å². The van der Waals surface area contributed by atoms with E-state index in [1.165, 1.54) is 36.5 Å². The molecule has 1 heterocycles. The quantitative estimate of drug-likeness (QED) is 0.392. The molecule has 7 nitrogen and oxygen atoms in total. The van der Waals surface area contributed by atoms with Crippen molar-refractivity contribution in [3.8, 4) is 0 Å². The highest BCUT2D eigenvalue weighted by molar-refractivity contribution is 7.13. The Labute approximate surface area is 153 Å². The van der Waals surface area contributed by atoms with Crippen LogP contribution >= 0.6 is 11.3 Å². The molecule has 26 heavy (non-hydrogen) atoms. The summed E-state index contributed by atoms with van der Waals surface area (Å²) in [6.07, 6.45) is 0. The van der Waals surface area contributed by atoms with Gasteiger partial charge in [0, 0.05) is 22.7 Å². The third-order valence-electron chi connectivity index (χ3n) is 3.65. The van der Waals surface area contributed by atoms with E-state index in [0.717, 1.165) is 5.69 Å². The second kappa shape index (κ2) is 7.75. The number of anilines is 2. The standard InChI is InChI=1S/C18H15N3O4S/c1-12-15(8-5-9-16(12)21(23)24)17(22)25-10-14-11-26-18(20-14)19-13-6-3-2-4-7-13/h2-9,11H,10H2,1H3,(H,19,20). The number of carbonyl (C=O) groups excluding carboxylic acids is 1. The lowest BCUT2D eigenvalue weighted by Gasteiger charge is -2.06. The van der Waals surface area contributed by atoms with Crippen LogP contribution in [0.4, 0.5) is 16.5 Å². The summed E-state index contributed by atoms with van der Waals surface area (Å²) in [4.78, 5) is 27.0. The summed E-state index contributed by atoms with van der Waals surface area (Å²) in [5.74, 6) is -0.614. The van der Waals surface area contributed by atoms with Gasteiger partial charge < -0.3 is 10.1 Å². The lowest BCUT2D eigenvalue weighted by molar-refractivity contribution is -0.385. The number of nitrogens with zero attached hydrogens (tertiary/aromatic N) is 2. The Kier molecular flexibility index (Phi) is 5.23. The number of ether oxygens (including phenoxy) is 1. The molecule has 8 heteroatoms. The van der Waals surface area contributed by atoms with Crippen molar-refractivity contribution in [1.29, 1.82) is 0 Å². The van der Waals surface area contributed by atoms with Crippen molar-refractivity contribution in [3.63, 3.8) is 0 Å². The van der Waals surface area contributed by atoms with Gasteiger partial charge in [-0.2, -0.15) is 0 Å². The van der Waals surface area contributed by atoms with Crippen LogP contribution < -0.4 is 5.32 Å². The van der Waals surface area contributed by atoms with E-state index >= 15 is 0 Å². The van der Waals surface area contributed by atoms with Crippen LogP contribution in [0, 0.1) is 17.0 Å². The average Bonchev–Trinajstić information content (AvgIpc) is 3.08. The highest BCUT2D eigenvalue weighted by atomic mass is 32.1. The van der Waals surface area contributed by atoms with E-state index in [0.29, 0.717) is 10.8 Å². The second-order valence-electron chi connectivity index (χ2n) is 5.42. The highest BCUT2D eigenvalue weighted by Crippen LogP contribution is 2.23. The molecule has 0 fully saturated rings. The molecule has 1 aromatic heterocycles. The molecule has 0 saturated carbocycles. The zero-order valence-corrected chi connectivity index (χ0v) is 14.7. The molecule has 0 aliphatic heterocycles. The molecular weight excluding hydrogens is 354 g/mol. The monoisotopic (exact) mass is 369 g/mol. The molecule has 0 aliphatic carbocycles. The van der Waals surface area contributed by atoms with Gasteiger partial charge in [-0.15, -0.1) is 11.3 Å². The van der Waals surface area contributed by atoms with Gasteiger partial charge in [-0.3, -0.25) is 10.1 Å². The van der Waals surface area contributed by atoms with Crippen molar-refractivity contribution in [2.24, 2.45) is 0 Å². The third-order valence-corrected chi connectivity index (χ3v) is 4.46. The number of carbonyl (C=O) groups is 1. The number of hydrogen-bond acceptors (Lipinski definition) is 7. The van der Waals surface area contributed by atoms with Crippen molar-refractivity contribution in [1.82, 2.24) is 4.98 Å². The van der Waals surface area contributed by atoms with Gasteiger partial charge in [0.1, 0.15) is 6.61 Å². The minimum Gasteiger partial charge on any atom is -0.456 e. The third kappa shape index (κ3) is 4.04. The molecule has 3 aromatic rings. The van der Waals surface area contributed by atoms with Gasteiger partial charge in [-0.25, -0.2) is 9.78 Å². The number of rotatable bonds is 6. The molecule has 3 rings (SSSR count). The zero-order chi connectivity index (χ0) is 18.5. The van der Waals surface area contributed by atoms with E-state index < -0.39 is 10.9 Å². The lowest BCUT2D eigenvalue weighted by Crippen LogP contribution is -2.08. The fraction of sp³-hybridized carbons (Fsp3) is 0.111. The number of nitro groups is 1. The molecule has 132 valence electrons. The second-order valence-corrected chi connectivity index (χ2v) is 6.28. The molecule has 0 radical (unpaired) electrons. The fourth-order valence-electron chi connectivity index (χ4n) is 2.34. The molecule has 1 N–H and O–H groups in total. The lowest BCUT2D eigenvalue weighted by atomic mass is 10.1. The number of para-hydroxylation sites is 1. The predicted molar refractivity (Wildman–Crippen MR) is 98.8 cm³/mol. The van der Waals surface area contributed by atoms with Crippen molar-refractivity contribution in [2.75, 3.05) is 5.32 Å². The molecule has 0 atom stereocenters. The smallest absolute Gasteiger partial charge is 0.339 e. The van der Waals surface area contributed by atoms with Gasteiger partial charge in [-0.1, -0.05) is 24.3 Å². The maximum absolute atomic E-state index is 12.2. The van der Waals surface area contributed by atoms with Gasteiger partial charge in [-0.05, 0) is 25.1 Å². The van der Waals surface area contributed by atoms with E-state index in [4.69, 9.17) is 4.74 Å². The largest absolute Gasteiger partial charge is 0.456 e. The summed E-state index contributed by atoms with van der Waals surface area (Å²) >= 11 is 1.40. The first kappa shape index (κ1) is 17.6. The van der Waals surface area contributed by atoms with Crippen LogP contribution in [-0.2, 0) is 11.3 Å². The number of nitro benzene ring substituents is 1. The van der Waals surface area contributed by atoms with E-state index in [1.807, 2.05) is 30.3 Å². The Morgan fingerprint density at radius 3 is 2.73 bits per heavy atom. The fourth-order valence-corrected chi connectivity index (χ4v) is 3.05. The maximum Gasteiger partial charge on any atom is 0.339 e. The number of hydrogen-bond donors (Lipinski definition) is 1. The Bertz CT molecular complexity index is 941. The van der Waals surface area contributed by atoms with Crippen LogP contribution in [0.15, 0.2) is 53.9 Å². The molecule has 0 bridgehead atoms. The predicted octanol–water partition coefficient (Wildman–Crippen LogP) is 4.46. The molecular formula is C18H15N3O4S. The van der Waals surface area contributed by atoms with Crippen LogP contribution in [0.3, 0.4) is 0 Å². The Morgan fingerprint density at radius 2 is 2.00 bits per heavy atom. The molecule has 2 aromatic carbocycles. The minimum atomic E-state index is -0.614. The molecule has 0 spiro atoms. The van der Waals surface area contributed by atoms with Crippen molar-refractivity contribution in [3.05, 3.63) is 80.8 Å². The normalized spacial score (nSPS) is 10.3. The van der Waals surface area contributed by atoms with Gasteiger partial charge in [0.05, 0.1) is 16.2 Å². The van der Waals surface area contributed by atoms with Crippen LogP contribution in [0.5, 0.6) is 0 Å². The number of thiazole rings is 1. The summed E-state index contributed by atoms with van der Waals surface area (Å²) in [6.45, 7) is 1.52. The van der Waals surface area contributed by atoms with Crippen molar-refractivity contribution >= 4 is 33.8 Å². The summed E-state index contributed by atoms with van der Waals surface area (Å²) < 4.78 is 5.25. The summed E-state index contributed by atoms with van der Waals surface area (Å²) in [5, 5.41) is 16.6. The first-order valence-electron chi connectivity index (χ1n) is 7.72. The van der Waals surface area contributed by atoms with Crippen LogP contribution in [-0.4, -0.2) is 15.9 Å². The average molecular weight is 369 g/mol. The van der Waals surface area contributed by atoms with Crippen LogP contribution in [0.1, 0.15) is 21.6 Å². The van der Waals surface area contributed by atoms with E-state index in [2.05, 4.69) is 10.3 Å². The first-order chi connectivity index (χ1) is 12.5. The number of nitrogens with one attached hydrogen (secondary N) is 1. The number of aromatic nitrogens is 1. The van der Waals surface area contributed by atoms with E-state index in [9.17, 15) is 14.9 Å². The number of esters is 1. The molecule has 0 saturated heterocycles. The Balaban J connectivity index is 1.64. The van der Waals surface area contributed by atoms with E-state index in [-0.39, 0.29) is 23.4 Å². The number of benzene rings is 2.